The largest absolute Gasteiger partial charge is 0.506 e. The minimum absolute atomic E-state index is 0.0407. The Hall–Kier alpha value is -4.18. The number of rotatable bonds is 4. The van der Waals surface area contributed by atoms with E-state index in [1.807, 2.05) is 6.07 Å². The molecular formula is C26H29N7O3. The SMILES string of the molecule is CC(C)(C)CN1CCc2ccc(Nc3ncc4c(N)n(-c5c(O)cccc5O)c(=O)nc4n3)cc2C1. The zero-order chi connectivity index (χ0) is 25.6. The number of para-hydroxylation sites is 1. The van der Waals surface area contributed by atoms with E-state index < -0.39 is 5.69 Å². The van der Waals surface area contributed by atoms with Crippen LogP contribution in [0.3, 0.4) is 0 Å². The second-order valence-corrected chi connectivity index (χ2v) is 10.3. The van der Waals surface area contributed by atoms with Crippen molar-refractivity contribution in [1.29, 1.82) is 0 Å². The summed E-state index contributed by atoms with van der Waals surface area (Å²) in [5.41, 5.74) is 9.08. The zero-order valence-electron chi connectivity index (χ0n) is 20.5. The molecule has 4 aromatic rings. The van der Waals surface area contributed by atoms with Crippen LogP contribution in [0.25, 0.3) is 16.7 Å². The van der Waals surface area contributed by atoms with Gasteiger partial charge in [0.05, 0.1) is 5.39 Å². The molecule has 3 heterocycles. The van der Waals surface area contributed by atoms with E-state index in [4.69, 9.17) is 5.73 Å². The fourth-order valence-corrected chi connectivity index (χ4v) is 4.66. The summed E-state index contributed by atoms with van der Waals surface area (Å²) in [5.74, 6) is -0.379. The van der Waals surface area contributed by atoms with E-state index in [1.165, 1.54) is 35.5 Å². The van der Waals surface area contributed by atoms with Gasteiger partial charge in [-0.3, -0.25) is 4.90 Å². The lowest BCUT2D eigenvalue weighted by Gasteiger charge is -2.34. The fourth-order valence-electron chi connectivity index (χ4n) is 4.66. The first-order chi connectivity index (χ1) is 17.1. The van der Waals surface area contributed by atoms with Gasteiger partial charge in [0, 0.05) is 31.5 Å². The van der Waals surface area contributed by atoms with Crippen LogP contribution in [0.1, 0.15) is 31.9 Å². The molecule has 1 aliphatic rings. The molecule has 5 N–H and O–H groups in total. The van der Waals surface area contributed by atoms with Gasteiger partial charge in [-0.05, 0) is 47.2 Å². The molecule has 0 spiro atoms. The number of fused-ring (bicyclic) bond motifs is 2. The molecule has 0 bridgehead atoms. The van der Waals surface area contributed by atoms with Gasteiger partial charge in [0.1, 0.15) is 23.0 Å². The van der Waals surface area contributed by atoms with Crippen LogP contribution in [0.4, 0.5) is 17.5 Å². The number of benzene rings is 2. The summed E-state index contributed by atoms with van der Waals surface area (Å²) in [7, 11) is 0. The third kappa shape index (κ3) is 4.55. The topological polar surface area (TPSA) is 142 Å². The van der Waals surface area contributed by atoms with E-state index in [-0.39, 0.29) is 40.0 Å². The van der Waals surface area contributed by atoms with E-state index >= 15 is 0 Å². The third-order valence-electron chi connectivity index (χ3n) is 6.15. The van der Waals surface area contributed by atoms with Gasteiger partial charge in [0.25, 0.3) is 0 Å². The molecule has 0 fully saturated rings. The van der Waals surface area contributed by atoms with Crippen LogP contribution < -0.4 is 16.7 Å². The van der Waals surface area contributed by atoms with Crippen molar-refractivity contribution in [3.8, 4) is 17.2 Å². The first kappa shape index (κ1) is 23.6. The predicted molar refractivity (Wildman–Crippen MR) is 139 cm³/mol. The van der Waals surface area contributed by atoms with Crippen molar-refractivity contribution in [3.63, 3.8) is 0 Å². The number of nitrogens with one attached hydrogen (secondary N) is 1. The standard InChI is InChI=1S/C26H29N7O3/c1-26(2,3)14-32-10-9-15-7-8-17(11-16(15)13-32)29-24-28-12-18-22(27)33(25(36)31-23(18)30-24)21-19(34)5-4-6-20(21)35/h4-8,11-12,34-35H,9-10,13-14,27H2,1-3H3,(H,29,30,31,36). The number of nitrogens with two attached hydrogens (primary N) is 1. The van der Waals surface area contributed by atoms with Gasteiger partial charge < -0.3 is 21.3 Å². The van der Waals surface area contributed by atoms with Crippen molar-refractivity contribution in [1.82, 2.24) is 24.4 Å². The van der Waals surface area contributed by atoms with E-state index in [2.05, 4.69) is 58.1 Å². The maximum absolute atomic E-state index is 12.8. The average molecular weight is 488 g/mol. The van der Waals surface area contributed by atoms with Crippen LogP contribution in [-0.2, 0) is 13.0 Å². The monoisotopic (exact) mass is 487 g/mol. The molecule has 0 saturated carbocycles. The first-order valence-corrected chi connectivity index (χ1v) is 11.8. The summed E-state index contributed by atoms with van der Waals surface area (Å²) in [5, 5.41) is 23.9. The number of aromatic hydroxyl groups is 2. The molecule has 0 unspecified atom stereocenters. The summed E-state index contributed by atoms with van der Waals surface area (Å²) in [6.45, 7) is 9.71. The van der Waals surface area contributed by atoms with Crippen LogP contribution in [-0.4, -0.2) is 47.7 Å². The van der Waals surface area contributed by atoms with Crippen molar-refractivity contribution in [2.75, 3.05) is 24.1 Å². The Morgan fingerprint density at radius 3 is 2.56 bits per heavy atom. The maximum atomic E-state index is 12.8. The molecule has 0 radical (unpaired) electrons. The van der Waals surface area contributed by atoms with Crippen LogP contribution in [0, 0.1) is 5.41 Å². The Morgan fingerprint density at radius 2 is 1.83 bits per heavy atom. The summed E-state index contributed by atoms with van der Waals surface area (Å²) in [6.07, 6.45) is 2.48. The summed E-state index contributed by atoms with van der Waals surface area (Å²) >= 11 is 0. The minimum Gasteiger partial charge on any atom is -0.506 e. The second-order valence-electron chi connectivity index (χ2n) is 10.3. The summed E-state index contributed by atoms with van der Waals surface area (Å²) in [6, 6.07) is 10.4. The number of hydrogen-bond donors (Lipinski definition) is 4. The minimum atomic E-state index is -0.783. The van der Waals surface area contributed by atoms with Crippen molar-refractivity contribution in [3.05, 3.63) is 64.2 Å². The third-order valence-corrected chi connectivity index (χ3v) is 6.15. The van der Waals surface area contributed by atoms with Gasteiger partial charge in [0.15, 0.2) is 5.65 Å². The lowest BCUT2D eigenvalue weighted by molar-refractivity contribution is 0.177. The van der Waals surface area contributed by atoms with E-state index in [1.54, 1.807) is 0 Å². The molecule has 0 aliphatic carbocycles. The van der Waals surface area contributed by atoms with Gasteiger partial charge >= 0.3 is 5.69 Å². The molecule has 0 atom stereocenters. The Kier molecular flexibility index (Phi) is 5.76. The predicted octanol–water partition coefficient (Wildman–Crippen LogP) is 3.32. The molecule has 10 nitrogen and oxygen atoms in total. The van der Waals surface area contributed by atoms with Crippen molar-refractivity contribution in [2.45, 2.75) is 33.7 Å². The summed E-state index contributed by atoms with van der Waals surface area (Å²) < 4.78 is 0.941. The molecule has 0 saturated heterocycles. The van der Waals surface area contributed by atoms with Crippen molar-refractivity contribution < 1.29 is 10.2 Å². The number of phenolic OH excluding ortho intramolecular Hbond substituents is 2. The van der Waals surface area contributed by atoms with Crippen LogP contribution in [0.2, 0.25) is 0 Å². The number of hydrogen-bond acceptors (Lipinski definition) is 9. The normalized spacial score (nSPS) is 14.1. The van der Waals surface area contributed by atoms with Crippen molar-refractivity contribution >= 4 is 28.5 Å². The highest BCUT2D eigenvalue weighted by Gasteiger charge is 2.22. The van der Waals surface area contributed by atoms with E-state index in [0.717, 1.165) is 36.3 Å². The Balaban J connectivity index is 1.45. The molecule has 2 aromatic heterocycles. The molecule has 0 amide bonds. The van der Waals surface area contributed by atoms with Gasteiger partial charge in [-0.15, -0.1) is 0 Å². The van der Waals surface area contributed by atoms with E-state index in [0.29, 0.717) is 5.39 Å². The van der Waals surface area contributed by atoms with Crippen LogP contribution >= 0.6 is 0 Å². The molecule has 5 rings (SSSR count). The zero-order valence-corrected chi connectivity index (χ0v) is 20.5. The first-order valence-electron chi connectivity index (χ1n) is 11.8. The number of aromatic nitrogens is 4. The number of anilines is 3. The number of nitrogen functional groups attached to an aromatic ring is 1. The average Bonchev–Trinajstić information content (AvgIpc) is 2.79. The molecule has 1 aliphatic heterocycles. The lowest BCUT2D eigenvalue weighted by Crippen LogP contribution is -2.36. The highest BCUT2D eigenvalue weighted by atomic mass is 16.3. The summed E-state index contributed by atoms with van der Waals surface area (Å²) in [4.78, 5) is 28.0. The smallest absolute Gasteiger partial charge is 0.356 e. The van der Waals surface area contributed by atoms with Crippen molar-refractivity contribution in [2.24, 2.45) is 5.41 Å². The number of nitrogens with zero attached hydrogens (tertiary/aromatic N) is 5. The second kappa shape index (κ2) is 8.80. The fraction of sp³-hybridized carbons (Fsp3) is 0.308. The van der Waals surface area contributed by atoms with Gasteiger partial charge in [-0.25, -0.2) is 14.3 Å². The Labute approximate surface area is 208 Å². The Bertz CT molecular complexity index is 1500. The molecule has 186 valence electrons. The van der Waals surface area contributed by atoms with Gasteiger partial charge in [0.2, 0.25) is 5.95 Å². The number of phenols is 2. The highest BCUT2D eigenvalue weighted by molar-refractivity contribution is 5.86. The van der Waals surface area contributed by atoms with Crippen LogP contribution in [0.15, 0.2) is 47.4 Å². The molecule has 36 heavy (non-hydrogen) atoms. The quantitative estimate of drug-likeness (QED) is 0.341. The lowest BCUT2D eigenvalue weighted by atomic mass is 9.93. The van der Waals surface area contributed by atoms with Gasteiger partial charge in [-0.1, -0.05) is 32.9 Å². The van der Waals surface area contributed by atoms with Gasteiger partial charge in [-0.2, -0.15) is 9.97 Å². The molecular weight excluding hydrogens is 458 g/mol. The van der Waals surface area contributed by atoms with E-state index in [9.17, 15) is 15.0 Å². The maximum Gasteiger partial charge on any atom is 0.356 e. The molecule has 10 heteroatoms. The highest BCUT2D eigenvalue weighted by Crippen LogP contribution is 2.32. The van der Waals surface area contributed by atoms with Crippen LogP contribution in [0.5, 0.6) is 11.5 Å². The molecule has 2 aromatic carbocycles. The Morgan fingerprint density at radius 1 is 1.08 bits per heavy atom.